The highest BCUT2D eigenvalue weighted by Crippen LogP contribution is 2.60. The molecule has 0 saturated heterocycles. The van der Waals surface area contributed by atoms with E-state index in [2.05, 4.69) is 12.2 Å². The van der Waals surface area contributed by atoms with Crippen molar-refractivity contribution in [3.63, 3.8) is 0 Å². The number of carbonyl (C=O) groups is 1. The minimum atomic E-state index is -0.0673. The average molecular weight is 286 g/mol. The fourth-order valence-corrected chi connectivity index (χ4v) is 6.78. The van der Waals surface area contributed by atoms with E-state index in [-0.39, 0.29) is 11.4 Å². The van der Waals surface area contributed by atoms with Crippen molar-refractivity contribution < 1.29 is 9.53 Å². The Labute approximate surface area is 127 Å². The number of esters is 1. The molecule has 5 saturated carbocycles. The third kappa shape index (κ3) is 1.94. The molecule has 0 N–H and O–H groups in total. The number of carbonyl (C=O) groups excluding carboxylic acids is 1. The lowest BCUT2D eigenvalue weighted by atomic mass is 9.49. The molecule has 0 amide bonds. The summed E-state index contributed by atoms with van der Waals surface area (Å²) in [5.74, 6) is 4.74. The van der Waals surface area contributed by atoms with Gasteiger partial charge in [-0.25, -0.2) is 0 Å². The predicted molar refractivity (Wildman–Crippen MR) is 80.4 cm³/mol. The maximum Gasteiger partial charge on any atom is 0.312 e. The first-order valence-electron chi connectivity index (χ1n) is 9.06. The molecule has 6 aliphatic carbocycles. The molecule has 114 valence electrons. The number of ether oxygens (including phenoxy) is 1. The molecule has 3 unspecified atom stereocenters. The van der Waals surface area contributed by atoms with Crippen LogP contribution in [0.1, 0.15) is 51.4 Å². The normalized spacial score (nSPS) is 52.6. The van der Waals surface area contributed by atoms with Gasteiger partial charge in [0.05, 0.1) is 12.0 Å². The van der Waals surface area contributed by atoms with Gasteiger partial charge < -0.3 is 4.74 Å². The molecule has 2 heteroatoms. The third-order valence-electron chi connectivity index (χ3n) is 7.32. The van der Waals surface area contributed by atoms with Gasteiger partial charge in [0, 0.05) is 0 Å². The summed E-state index contributed by atoms with van der Waals surface area (Å²) < 4.78 is 5.89. The Kier molecular flexibility index (Phi) is 2.64. The Bertz CT molecular complexity index is 457. The number of allylic oxidation sites excluding steroid dienone is 2. The van der Waals surface area contributed by atoms with E-state index in [0.29, 0.717) is 18.4 Å². The van der Waals surface area contributed by atoms with E-state index < -0.39 is 0 Å². The Morgan fingerprint density at radius 1 is 0.952 bits per heavy atom. The van der Waals surface area contributed by atoms with Crippen LogP contribution in [0.2, 0.25) is 0 Å². The summed E-state index contributed by atoms with van der Waals surface area (Å²) in [4.78, 5) is 12.8. The second-order valence-corrected chi connectivity index (χ2v) is 8.84. The van der Waals surface area contributed by atoms with Crippen LogP contribution in [-0.2, 0) is 9.53 Å². The molecular weight excluding hydrogens is 260 g/mol. The molecule has 21 heavy (non-hydrogen) atoms. The maximum absolute atomic E-state index is 12.8. The van der Waals surface area contributed by atoms with Crippen LogP contribution < -0.4 is 0 Å². The van der Waals surface area contributed by atoms with Gasteiger partial charge in [0.2, 0.25) is 0 Å². The van der Waals surface area contributed by atoms with E-state index in [9.17, 15) is 4.79 Å². The number of hydrogen-bond acceptors (Lipinski definition) is 2. The summed E-state index contributed by atoms with van der Waals surface area (Å²) >= 11 is 0. The average Bonchev–Trinajstić information content (AvgIpc) is 3.05. The molecule has 6 bridgehead atoms. The first-order chi connectivity index (χ1) is 10.2. The molecule has 0 aromatic rings. The SMILES string of the molecule is O=C(OCC1CC2C=CC1C2)C12CC3CC(CC(C3)C1)C2. The third-order valence-corrected chi connectivity index (χ3v) is 7.32. The van der Waals surface area contributed by atoms with E-state index in [0.717, 1.165) is 42.9 Å². The monoisotopic (exact) mass is 286 g/mol. The van der Waals surface area contributed by atoms with Gasteiger partial charge in [-0.1, -0.05) is 12.2 Å². The van der Waals surface area contributed by atoms with E-state index in [4.69, 9.17) is 4.74 Å². The quantitative estimate of drug-likeness (QED) is 0.580. The minimum Gasteiger partial charge on any atom is -0.465 e. The van der Waals surface area contributed by atoms with Gasteiger partial charge in [0.1, 0.15) is 0 Å². The van der Waals surface area contributed by atoms with Crippen molar-refractivity contribution in [3.8, 4) is 0 Å². The highest BCUT2D eigenvalue weighted by molar-refractivity contribution is 5.77. The van der Waals surface area contributed by atoms with Crippen molar-refractivity contribution in [3.05, 3.63) is 12.2 Å². The number of rotatable bonds is 3. The van der Waals surface area contributed by atoms with Crippen LogP contribution in [0.5, 0.6) is 0 Å². The van der Waals surface area contributed by atoms with Crippen LogP contribution in [0.4, 0.5) is 0 Å². The van der Waals surface area contributed by atoms with Gasteiger partial charge in [-0.05, 0) is 86.9 Å². The molecule has 0 aromatic carbocycles. The lowest BCUT2D eigenvalue weighted by Crippen LogP contribution is -2.50. The first kappa shape index (κ1) is 12.7. The lowest BCUT2D eigenvalue weighted by molar-refractivity contribution is -0.173. The largest absolute Gasteiger partial charge is 0.465 e. The second-order valence-electron chi connectivity index (χ2n) is 8.84. The molecule has 6 aliphatic rings. The highest BCUT2D eigenvalue weighted by Gasteiger charge is 2.55. The van der Waals surface area contributed by atoms with Gasteiger partial charge in [-0.3, -0.25) is 4.79 Å². The van der Waals surface area contributed by atoms with Crippen LogP contribution in [0.15, 0.2) is 12.2 Å². The van der Waals surface area contributed by atoms with Crippen LogP contribution in [0.3, 0.4) is 0 Å². The molecular formula is C19H26O2. The van der Waals surface area contributed by atoms with E-state index >= 15 is 0 Å². The van der Waals surface area contributed by atoms with E-state index in [1.54, 1.807) is 0 Å². The number of fused-ring (bicyclic) bond motifs is 2. The Morgan fingerprint density at radius 3 is 2.14 bits per heavy atom. The second kappa shape index (κ2) is 4.36. The summed E-state index contributed by atoms with van der Waals surface area (Å²) in [7, 11) is 0. The molecule has 2 nitrogen and oxygen atoms in total. The van der Waals surface area contributed by atoms with Crippen molar-refractivity contribution >= 4 is 5.97 Å². The zero-order valence-electron chi connectivity index (χ0n) is 12.8. The summed E-state index contributed by atoms with van der Waals surface area (Å²) in [6, 6.07) is 0. The van der Waals surface area contributed by atoms with E-state index in [1.165, 1.54) is 32.1 Å². The summed E-state index contributed by atoms with van der Waals surface area (Å²) in [6.45, 7) is 0.687. The van der Waals surface area contributed by atoms with E-state index in [1.807, 2.05) is 0 Å². The van der Waals surface area contributed by atoms with Crippen LogP contribution >= 0.6 is 0 Å². The fraction of sp³-hybridized carbons (Fsp3) is 0.842. The van der Waals surface area contributed by atoms with Crippen molar-refractivity contribution in [1.82, 2.24) is 0 Å². The molecule has 0 radical (unpaired) electrons. The molecule has 0 aliphatic heterocycles. The molecule has 3 atom stereocenters. The van der Waals surface area contributed by atoms with Crippen LogP contribution in [0, 0.1) is 40.9 Å². The number of hydrogen-bond donors (Lipinski definition) is 0. The smallest absolute Gasteiger partial charge is 0.312 e. The van der Waals surface area contributed by atoms with Crippen molar-refractivity contribution in [2.24, 2.45) is 40.9 Å². The standard InChI is InChI=1S/C19H26O2/c20-18(21-11-17-7-12-1-2-16(17)6-12)19-8-13-3-14(9-19)5-15(4-13)10-19/h1-2,12-17H,3-11H2. The fourth-order valence-electron chi connectivity index (χ4n) is 6.78. The summed E-state index contributed by atoms with van der Waals surface area (Å²) in [6.07, 6.45) is 14.9. The minimum absolute atomic E-state index is 0.0673. The molecule has 0 spiro atoms. The first-order valence-corrected chi connectivity index (χ1v) is 9.06. The van der Waals surface area contributed by atoms with Gasteiger partial charge >= 0.3 is 5.97 Å². The van der Waals surface area contributed by atoms with Crippen molar-refractivity contribution in [2.45, 2.75) is 51.4 Å². The molecule has 6 rings (SSSR count). The van der Waals surface area contributed by atoms with Gasteiger partial charge in [-0.15, -0.1) is 0 Å². The Hall–Kier alpha value is -0.790. The zero-order chi connectivity index (χ0) is 14.0. The summed E-state index contributed by atoms with van der Waals surface area (Å²) in [5.41, 5.74) is -0.0673. The van der Waals surface area contributed by atoms with Gasteiger partial charge in [0.15, 0.2) is 0 Å². The molecule has 0 heterocycles. The Balaban J connectivity index is 1.26. The Morgan fingerprint density at radius 2 is 1.62 bits per heavy atom. The highest BCUT2D eigenvalue weighted by atomic mass is 16.5. The molecule has 5 fully saturated rings. The lowest BCUT2D eigenvalue weighted by Gasteiger charge is -2.55. The maximum atomic E-state index is 12.8. The zero-order valence-corrected chi connectivity index (χ0v) is 12.8. The molecule has 0 aromatic heterocycles. The van der Waals surface area contributed by atoms with Crippen LogP contribution in [0.25, 0.3) is 0 Å². The van der Waals surface area contributed by atoms with Gasteiger partial charge in [0.25, 0.3) is 0 Å². The van der Waals surface area contributed by atoms with Crippen molar-refractivity contribution in [2.75, 3.05) is 6.61 Å². The van der Waals surface area contributed by atoms with Crippen molar-refractivity contribution in [1.29, 1.82) is 0 Å². The van der Waals surface area contributed by atoms with Crippen LogP contribution in [-0.4, -0.2) is 12.6 Å². The predicted octanol–water partition coefficient (Wildman–Crippen LogP) is 3.96. The summed E-state index contributed by atoms with van der Waals surface area (Å²) in [5, 5.41) is 0. The topological polar surface area (TPSA) is 26.3 Å². The van der Waals surface area contributed by atoms with Gasteiger partial charge in [-0.2, -0.15) is 0 Å².